The standard InChI is InChI=1S/C18H20N2O5/c1-10-4-5-13(8-11(10)2)15(18(23)24)20-16(21)12(3)19-17(22)14-6-7-25-9-14/h4-9,12,15H,1-3H3,(H,19,22)(H,20,21)(H,23,24). The summed E-state index contributed by atoms with van der Waals surface area (Å²) in [5.41, 5.74) is 2.71. The van der Waals surface area contributed by atoms with Crippen molar-refractivity contribution in [3.05, 3.63) is 59.0 Å². The summed E-state index contributed by atoms with van der Waals surface area (Å²) in [6.45, 7) is 5.26. The molecule has 2 atom stereocenters. The number of carbonyl (C=O) groups is 3. The third-order valence-electron chi connectivity index (χ3n) is 3.92. The minimum Gasteiger partial charge on any atom is -0.479 e. The van der Waals surface area contributed by atoms with Crippen molar-refractivity contribution in [1.82, 2.24) is 10.6 Å². The van der Waals surface area contributed by atoms with E-state index in [4.69, 9.17) is 4.42 Å². The third kappa shape index (κ3) is 4.47. The smallest absolute Gasteiger partial charge is 0.330 e. The Morgan fingerprint density at radius 3 is 2.36 bits per heavy atom. The Labute approximate surface area is 145 Å². The molecule has 3 N–H and O–H groups in total. The molecule has 0 saturated carbocycles. The number of aliphatic carboxylic acids is 1. The average Bonchev–Trinajstić information content (AvgIpc) is 3.09. The molecule has 1 aromatic heterocycles. The number of hydrogen-bond donors (Lipinski definition) is 3. The van der Waals surface area contributed by atoms with Gasteiger partial charge in [0.25, 0.3) is 5.91 Å². The van der Waals surface area contributed by atoms with Gasteiger partial charge in [0.2, 0.25) is 5.91 Å². The molecule has 1 aromatic carbocycles. The first kappa shape index (κ1) is 18.3. The van der Waals surface area contributed by atoms with Crippen LogP contribution in [0.3, 0.4) is 0 Å². The number of benzene rings is 1. The first-order chi connectivity index (χ1) is 11.8. The van der Waals surface area contributed by atoms with Gasteiger partial charge in [0.1, 0.15) is 12.3 Å². The van der Waals surface area contributed by atoms with Crippen molar-refractivity contribution in [3.8, 4) is 0 Å². The van der Waals surface area contributed by atoms with Crippen LogP contribution in [0.1, 0.15) is 40.0 Å². The number of carboxylic acid groups (broad SMARTS) is 1. The molecule has 0 aliphatic rings. The zero-order chi connectivity index (χ0) is 18.6. The highest BCUT2D eigenvalue weighted by atomic mass is 16.4. The van der Waals surface area contributed by atoms with Crippen molar-refractivity contribution in [2.24, 2.45) is 0 Å². The molecular formula is C18H20N2O5. The predicted molar refractivity (Wildman–Crippen MR) is 90.1 cm³/mol. The molecule has 0 fully saturated rings. The van der Waals surface area contributed by atoms with Gasteiger partial charge in [-0.25, -0.2) is 4.79 Å². The van der Waals surface area contributed by atoms with Crippen LogP contribution in [0.4, 0.5) is 0 Å². The number of carboxylic acids is 1. The van der Waals surface area contributed by atoms with E-state index in [1.807, 2.05) is 13.8 Å². The van der Waals surface area contributed by atoms with E-state index >= 15 is 0 Å². The van der Waals surface area contributed by atoms with Crippen LogP contribution in [0.2, 0.25) is 0 Å². The average molecular weight is 344 g/mol. The van der Waals surface area contributed by atoms with Gasteiger partial charge in [-0.15, -0.1) is 0 Å². The Morgan fingerprint density at radius 1 is 1.08 bits per heavy atom. The third-order valence-corrected chi connectivity index (χ3v) is 3.92. The van der Waals surface area contributed by atoms with Crippen molar-refractivity contribution in [3.63, 3.8) is 0 Å². The lowest BCUT2D eigenvalue weighted by Gasteiger charge is -2.19. The van der Waals surface area contributed by atoms with E-state index in [0.717, 1.165) is 11.1 Å². The number of amides is 2. The lowest BCUT2D eigenvalue weighted by Crippen LogP contribution is -2.47. The van der Waals surface area contributed by atoms with Crippen molar-refractivity contribution in [2.45, 2.75) is 32.9 Å². The molecule has 0 saturated heterocycles. The summed E-state index contributed by atoms with van der Waals surface area (Å²) in [5, 5.41) is 14.4. The Balaban J connectivity index is 2.08. The lowest BCUT2D eigenvalue weighted by atomic mass is 10.0. The fraction of sp³-hybridized carbons (Fsp3) is 0.278. The summed E-state index contributed by atoms with van der Waals surface area (Å²) < 4.78 is 4.81. The monoisotopic (exact) mass is 344 g/mol. The number of carbonyl (C=O) groups excluding carboxylic acids is 2. The predicted octanol–water partition coefficient (Wildman–Crippen LogP) is 1.96. The van der Waals surface area contributed by atoms with Gasteiger partial charge in [-0.2, -0.15) is 0 Å². The van der Waals surface area contributed by atoms with Crippen LogP contribution in [-0.4, -0.2) is 28.9 Å². The molecular weight excluding hydrogens is 324 g/mol. The van der Waals surface area contributed by atoms with Crippen molar-refractivity contribution < 1.29 is 23.9 Å². The lowest BCUT2D eigenvalue weighted by molar-refractivity contribution is -0.142. The summed E-state index contributed by atoms with van der Waals surface area (Å²) in [7, 11) is 0. The van der Waals surface area contributed by atoms with Gasteiger partial charge in [0, 0.05) is 0 Å². The highest BCUT2D eigenvalue weighted by Gasteiger charge is 2.26. The zero-order valence-corrected chi connectivity index (χ0v) is 14.2. The minimum absolute atomic E-state index is 0.281. The second kappa shape index (κ2) is 7.65. The van der Waals surface area contributed by atoms with Crippen LogP contribution in [0, 0.1) is 13.8 Å². The quantitative estimate of drug-likeness (QED) is 0.742. The van der Waals surface area contributed by atoms with Gasteiger partial charge in [0.05, 0.1) is 11.8 Å². The maximum absolute atomic E-state index is 12.3. The molecule has 2 unspecified atom stereocenters. The largest absolute Gasteiger partial charge is 0.479 e. The SMILES string of the molecule is Cc1ccc(C(NC(=O)C(C)NC(=O)c2ccoc2)C(=O)O)cc1C. The molecule has 2 rings (SSSR count). The molecule has 7 heteroatoms. The number of hydrogen-bond acceptors (Lipinski definition) is 4. The molecule has 7 nitrogen and oxygen atoms in total. The van der Waals surface area contributed by atoms with E-state index in [0.29, 0.717) is 5.56 Å². The molecule has 2 aromatic rings. The molecule has 0 spiro atoms. The normalized spacial score (nSPS) is 12.9. The highest BCUT2D eigenvalue weighted by Crippen LogP contribution is 2.18. The minimum atomic E-state index is -1.19. The van der Waals surface area contributed by atoms with Crippen molar-refractivity contribution in [2.75, 3.05) is 0 Å². The molecule has 132 valence electrons. The summed E-state index contributed by atoms with van der Waals surface area (Å²) >= 11 is 0. The van der Waals surface area contributed by atoms with Crippen LogP contribution in [0.25, 0.3) is 0 Å². The molecule has 0 radical (unpaired) electrons. The van der Waals surface area contributed by atoms with Crippen LogP contribution in [0.5, 0.6) is 0 Å². The second-order valence-electron chi connectivity index (χ2n) is 5.83. The van der Waals surface area contributed by atoms with E-state index in [-0.39, 0.29) is 5.56 Å². The van der Waals surface area contributed by atoms with Crippen LogP contribution in [-0.2, 0) is 9.59 Å². The van der Waals surface area contributed by atoms with E-state index < -0.39 is 29.9 Å². The second-order valence-corrected chi connectivity index (χ2v) is 5.83. The molecule has 25 heavy (non-hydrogen) atoms. The summed E-state index contributed by atoms with van der Waals surface area (Å²) in [6.07, 6.45) is 2.61. The number of rotatable bonds is 6. The summed E-state index contributed by atoms with van der Waals surface area (Å²) in [4.78, 5) is 35.7. The van der Waals surface area contributed by atoms with Gasteiger partial charge in [-0.05, 0) is 43.5 Å². The van der Waals surface area contributed by atoms with Gasteiger partial charge in [-0.1, -0.05) is 18.2 Å². The zero-order valence-electron chi connectivity index (χ0n) is 14.2. The molecule has 1 heterocycles. The fourth-order valence-electron chi connectivity index (χ4n) is 2.24. The van der Waals surface area contributed by atoms with E-state index in [2.05, 4.69) is 10.6 Å². The van der Waals surface area contributed by atoms with Crippen LogP contribution < -0.4 is 10.6 Å². The summed E-state index contributed by atoms with van der Waals surface area (Å²) in [6, 6.07) is 4.56. The Bertz CT molecular complexity index is 783. The van der Waals surface area contributed by atoms with E-state index in [1.165, 1.54) is 25.5 Å². The van der Waals surface area contributed by atoms with Gasteiger partial charge < -0.3 is 20.2 Å². The molecule has 2 amide bonds. The maximum atomic E-state index is 12.3. The fourth-order valence-corrected chi connectivity index (χ4v) is 2.24. The highest BCUT2D eigenvalue weighted by molar-refractivity contribution is 5.97. The van der Waals surface area contributed by atoms with E-state index in [1.54, 1.807) is 18.2 Å². The van der Waals surface area contributed by atoms with Crippen molar-refractivity contribution >= 4 is 17.8 Å². The Hall–Kier alpha value is -3.09. The van der Waals surface area contributed by atoms with Crippen molar-refractivity contribution in [1.29, 1.82) is 0 Å². The first-order valence-corrected chi connectivity index (χ1v) is 7.73. The number of nitrogens with one attached hydrogen (secondary N) is 2. The topological polar surface area (TPSA) is 109 Å². The van der Waals surface area contributed by atoms with E-state index in [9.17, 15) is 19.5 Å². The van der Waals surface area contributed by atoms with Crippen LogP contribution >= 0.6 is 0 Å². The Morgan fingerprint density at radius 2 is 1.80 bits per heavy atom. The van der Waals surface area contributed by atoms with Crippen LogP contribution in [0.15, 0.2) is 41.2 Å². The van der Waals surface area contributed by atoms with Gasteiger partial charge in [-0.3, -0.25) is 9.59 Å². The maximum Gasteiger partial charge on any atom is 0.330 e. The van der Waals surface area contributed by atoms with Gasteiger partial charge in [0.15, 0.2) is 6.04 Å². The molecule has 0 aliphatic heterocycles. The first-order valence-electron chi connectivity index (χ1n) is 7.73. The van der Waals surface area contributed by atoms with Gasteiger partial charge >= 0.3 is 5.97 Å². The number of aryl methyl sites for hydroxylation is 2. The molecule has 0 aliphatic carbocycles. The summed E-state index contributed by atoms with van der Waals surface area (Å²) in [5.74, 6) is -2.25. The molecule has 0 bridgehead atoms. The Kier molecular flexibility index (Phi) is 5.59. The number of furan rings is 1.